The summed E-state index contributed by atoms with van der Waals surface area (Å²) in [6.45, 7) is -0.352. The summed E-state index contributed by atoms with van der Waals surface area (Å²) in [5, 5.41) is 9.22. The Balaban J connectivity index is 3.27. The average molecular weight is 223 g/mol. The molecule has 0 saturated carbocycles. The van der Waals surface area contributed by atoms with Gasteiger partial charge in [-0.1, -0.05) is 6.07 Å². The first kappa shape index (κ1) is 11.9. The smallest absolute Gasteiger partial charge is 0.387 e. The van der Waals surface area contributed by atoms with E-state index >= 15 is 0 Å². The van der Waals surface area contributed by atoms with E-state index in [9.17, 15) is 22.7 Å². The first-order valence-corrected chi connectivity index (χ1v) is 4.11. The summed E-state index contributed by atoms with van der Waals surface area (Å²) in [5.41, 5.74) is 3.44. The van der Waals surface area contributed by atoms with E-state index in [2.05, 4.69) is 0 Å². The van der Waals surface area contributed by atoms with Crippen LogP contribution in [0.25, 0.3) is 0 Å². The van der Waals surface area contributed by atoms with Crippen LogP contribution in [0.4, 0.5) is 17.6 Å². The number of hydrogen-bond donors (Lipinski definition) is 2. The van der Waals surface area contributed by atoms with Gasteiger partial charge < -0.3 is 10.8 Å². The van der Waals surface area contributed by atoms with Crippen molar-refractivity contribution < 1.29 is 22.7 Å². The number of hydrogen-bond acceptors (Lipinski definition) is 2. The highest BCUT2D eigenvalue weighted by molar-refractivity contribution is 5.32. The van der Waals surface area contributed by atoms with E-state index in [0.717, 1.165) is 12.1 Å². The van der Waals surface area contributed by atoms with Gasteiger partial charge in [0.2, 0.25) is 0 Å². The first-order valence-electron chi connectivity index (χ1n) is 4.11. The van der Waals surface area contributed by atoms with Crippen molar-refractivity contribution in [3.05, 3.63) is 35.1 Å². The third-order valence-electron chi connectivity index (χ3n) is 1.90. The summed E-state index contributed by atoms with van der Waals surface area (Å²) in [6.07, 6.45) is -6.14. The number of aliphatic hydroxyl groups is 1. The van der Waals surface area contributed by atoms with Crippen molar-refractivity contribution >= 4 is 0 Å². The van der Waals surface area contributed by atoms with Crippen LogP contribution in [-0.2, 0) is 6.18 Å². The van der Waals surface area contributed by atoms with Crippen LogP contribution in [0.5, 0.6) is 0 Å². The molecule has 0 heterocycles. The molecule has 1 rings (SSSR count). The lowest BCUT2D eigenvalue weighted by atomic mass is 10.0. The molecule has 0 unspecified atom stereocenters. The minimum Gasteiger partial charge on any atom is -0.387 e. The van der Waals surface area contributed by atoms with E-state index in [-0.39, 0.29) is 6.54 Å². The van der Waals surface area contributed by atoms with Gasteiger partial charge in [0.1, 0.15) is 5.82 Å². The van der Waals surface area contributed by atoms with Crippen LogP contribution in [0.2, 0.25) is 0 Å². The number of halogens is 4. The summed E-state index contributed by atoms with van der Waals surface area (Å²) >= 11 is 0. The maximum Gasteiger partial charge on any atom is 0.416 e. The highest BCUT2D eigenvalue weighted by Gasteiger charge is 2.35. The molecule has 1 aromatic carbocycles. The summed E-state index contributed by atoms with van der Waals surface area (Å²) in [5.74, 6) is -1.00. The SMILES string of the molecule is NC[C@H](O)c1ccc(F)cc1C(F)(F)F. The summed E-state index contributed by atoms with van der Waals surface area (Å²) in [6, 6.07) is 2.08. The molecule has 0 aliphatic rings. The van der Waals surface area contributed by atoms with E-state index in [1.54, 1.807) is 0 Å². The van der Waals surface area contributed by atoms with Crippen LogP contribution in [0.15, 0.2) is 18.2 Å². The van der Waals surface area contributed by atoms with Gasteiger partial charge in [0, 0.05) is 6.54 Å². The van der Waals surface area contributed by atoms with Gasteiger partial charge in [0.15, 0.2) is 0 Å². The van der Waals surface area contributed by atoms with E-state index in [1.165, 1.54) is 0 Å². The zero-order valence-electron chi connectivity index (χ0n) is 7.55. The molecule has 0 radical (unpaired) electrons. The Morgan fingerprint density at radius 2 is 1.93 bits per heavy atom. The Hall–Kier alpha value is -1.14. The topological polar surface area (TPSA) is 46.2 Å². The number of alkyl halides is 3. The molecular weight excluding hydrogens is 214 g/mol. The predicted molar refractivity (Wildman–Crippen MR) is 45.4 cm³/mol. The number of aliphatic hydroxyl groups excluding tert-OH is 1. The summed E-state index contributed by atoms with van der Waals surface area (Å²) in [4.78, 5) is 0. The van der Waals surface area contributed by atoms with Crippen LogP contribution in [0, 0.1) is 5.82 Å². The quantitative estimate of drug-likeness (QED) is 0.751. The maximum absolute atomic E-state index is 12.6. The van der Waals surface area contributed by atoms with Crippen molar-refractivity contribution in [2.75, 3.05) is 6.54 Å². The van der Waals surface area contributed by atoms with Gasteiger partial charge >= 0.3 is 6.18 Å². The van der Waals surface area contributed by atoms with Crippen molar-refractivity contribution in [3.8, 4) is 0 Å². The minimum atomic E-state index is -4.70. The second-order valence-corrected chi connectivity index (χ2v) is 2.98. The molecule has 0 spiro atoms. The zero-order valence-corrected chi connectivity index (χ0v) is 7.55. The second-order valence-electron chi connectivity index (χ2n) is 2.98. The lowest BCUT2D eigenvalue weighted by molar-refractivity contribution is -0.139. The molecule has 0 saturated heterocycles. The molecule has 0 aromatic heterocycles. The van der Waals surface area contributed by atoms with Gasteiger partial charge in [-0.3, -0.25) is 0 Å². The van der Waals surface area contributed by atoms with Crippen LogP contribution in [0.1, 0.15) is 17.2 Å². The maximum atomic E-state index is 12.6. The van der Waals surface area contributed by atoms with Gasteiger partial charge in [-0.05, 0) is 17.7 Å². The number of nitrogens with two attached hydrogens (primary N) is 1. The fourth-order valence-electron chi connectivity index (χ4n) is 1.19. The normalized spacial score (nSPS) is 14.0. The Labute approximate surface area is 83.3 Å². The molecule has 0 bridgehead atoms. The molecule has 0 aliphatic heterocycles. The van der Waals surface area contributed by atoms with Gasteiger partial charge in [0.25, 0.3) is 0 Å². The van der Waals surface area contributed by atoms with Crippen molar-refractivity contribution in [3.63, 3.8) is 0 Å². The third kappa shape index (κ3) is 2.66. The van der Waals surface area contributed by atoms with Gasteiger partial charge in [0.05, 0.1) is 11.7 Å². The van der Waals surface area contributed by atoms with Crippen molar-refractivity contribution in [1.29, 1.82) is 0 Å². The first-order chi connectivity index (χ1) is 6.86. The molecule has 84 valence electrons. The third-order valence-corrected chi connectivity index (χ3v) is 1.90. The second kappa shape index (κ2) is 4.16. The molecule has 2 nitrogen and oxygen atoms in total. The minimum absolute atomic E-state index is 0.341. The lowest BCUT2D eigenvalue weighted by Crippen LogP contribution is -2.17. The summed E-state index contributed by atoms with van der Waals surface area (Å²) < 4.78 is 49.9. The molecule has 15 heavy (non-hydrogen) atoms. The van der Waals surface area contributed by atoms with E-state index < -0.39 is 29.2 Å². The monoisotopic (exact) mass is 223 g/mol. The lowest BCUT2D eigenvalue weighted by Gasteiger charge is -2.16. The van der Waals surface area contributed by atoms with Gasteiger partial charge in [-0.25, -0.2) is 4.39 Å². The van der Waals surface area contributed by atoms with Crippen LogP contribution >= 0.6 is 0 Å². The van der Waals surface area contributed by atoms with Crippen LogP contribution < -0.4 is 5.73 Å². The Bertz CT molecular complexity index is 350. The predicted octanol–water partition coefficient (Wildman–Crippen LogP) is 1.84. The largest absolute Gasteiger partial charge is 0.416 e. The standard InChI is InChI=1S/C9H9F4NO/c10-5-1-2-6(8(15)4-14)7(3-5)9(11,12)13/h1-3,8,15H,4,14H2/t8-/m0/s1. The van der Waals surface area contributed by atoms with Gasteiger partial charge in [-0.15, -0.1) is 0 Å². The van der Waals surface area contributed by atoms with Crippen LogP contribution in [-0.4, -0.2) is 11.7 Å². The summed E-state index contributed by atoms with van der Waals surface area (Å²) in [7, 11) is 0. The molecule has 1 atom stereocenters. The molecule has 0 amide bonds. The Kier molecular flexibility index (Phi) is 3.31. The Morgan fingerprint density at radius 1 is 1.33 bits per heavy atom. The van der Waals surface area contributed by atoms with Crippen molar-refractivity contribution in [2.24, 2.45) is 5.73 Å². The molecule has 6 heteroatoms. The van der Waals surface area contributed by atoms with Crippen molar-refractivity contribution in [1.82, 2.24) is 0 Å². The van der Waals surface area contributed by atoms with Crippen molar-refractivity contribution in [2.45, 2.75) is 12.3 Å². The number of rotatable bonds is 2. The fourth-order valence-corrected chi connectivity index (χ4v) is 1.19. The molecule has 3 N–H and O–H groups in total. The number of benzene rings is 1. The van der Waals surface area contributed by atoms with Crippen LogP contribution in [0.3, 0.4) is 0 Å². The van der Waals surface area contributed by atoms with E-state index in [1.807, 2.05) is 0 Å². The zero-order chi connectivity index (χ0) is 11.6. The van der Waals surface area contributed by atoms with E-state index in [4.69, 9.17) is 5.73 Å². The van der Waals surface area contributed by atoms with Gasteiger partial charge in [-0.2, -0.15) is 13.2 Å². The fraction of sp³-hybridized carbons (Fsp3) is 0.333. The molecular formula is C9H9F4NO. The highest BCUT2D eigenvalue weighted by Crippen LogP contribution is 2.34. The molecule has 0 aliphatic carbocycles. The highest BCUT2D eigenvalue weighted by atomic mass is 19.4. The molecule has 1 aromatic rings. The molecule has 0 fully saturated rings. The van der Waals surface area contributed by atoms with E-state index in [0.29, 0.717) is 6.07 Å². The Morgan fingerprint density at radius 3 is 2.40 bits per heavy atom. The average Bonchev–Trinajstić information content (AvgIpc) is 2.15.